The van der Waals surface area contributed by atoms with E-state index >= 15 is 0 Å². The summed E-state index contributed by atoms with van der Waals surface area (Å²) in [5, 5.41) is 0. The Labute approximate surface area is 140 Å². The highest BCUT2D eigenvalue weighted by Gasteiger charge is 2.11. The highest BCUT2D eigenvalue weighted by atomic mass is 32.1. The largest absolute Gasteiger partial charge is 0.497 e. The number of fused-ring (bicyclic) bond motifs is 3. The number of methoxy groups -OCH3 is 1. The molecule has 0 saturated carbocycles. The van der Waals surface area contributed by atoms with E-state index in [1.54, 1.807) is 31.4 Å². The maximum Gasteiger partial charge on any atom is 0.319 e. The molecule has 2 aromatic carbocycles. The zero-order chi connectivity index (χ0) is 16.7. The highest BCUT2D eigenvalue weighted by Crippen LogP contribution is 2.21. The quantitative estimate of drug-likeness (QED) is 0.562. The van der Waals surface area contributed by atoms with Gasteiger partial charge in [-0.2, -0.15) is 9.98 Å². The topological polar surface area (TPSA) is 69.1 Å². The molecule has 0 bridgehead atoms. The van der Waals surface area contributed by atoms with Crippen molar-refractivity contribution in [2.45, 2.75) is 6.92 Å². The zero-order valence-electron chi connectivity index (χ0n) is 13.0. The van der Waals surface area contributed by atoms with E-state index in [2.05, 4.69) is 9.98 Å². The molecule has 24 heavy (non-hydrogen) atoms. The molecule has 120 valence electrons. The van der Waals surface area contributed by atoms with Crippen LogP contribution in [-0.4, -0.2) is 21.8 Å². The Morgan fingerprint density at radius 2 is 2.04 bits per heavy atom. The molecular weight excluding hydrogens is 326 g/mol. The minimum absolute atomic E-state index is 0.352. The Balaban J connectivity index is 1.76. The van der Waals surface area contributed by atoms with Crippen LogP contribution in [0.5, 0.6) is 5.75 Å². The molecule has 0 aliphatic carbocycles. The fourth-order valence-electron chi connectivity index (χ4n) is 2.39. The van der Waals surface area contributed by atoms with Crippen LogP contribution in [-0.2, 0) is 0 Å². The number of benzene rings is 2. The molecule has 2 heterocycles. The van der Waals surface area contributed by atoms with E-state index in [-0.39, 0.29) is 5.91 Å². The Bertz CT molecular complexity index is 1120. The van der Waals surface area contributed by atoms with Crippen LogP contribution in [0.3, 0.4) is 0 Å². The molecule has 0 fully saturated rings. The molecule has 1 amide bonds. The number of rotatable bonds is 2. The van der Waals surface area contributed by atoms with Gasteiger partial charge in [0.15, 0.2) is 5.58 Å². The molecule has 0 aliphatic rings. The monoisotopic (exact) mass is 339 g/mol. The number of aryl methyl sites for hydroxylation is 1. The Morgan fingerprint density at radius 3 is 2.79 bits per heavy atom. The van der Waals surface area contributed by atoms with Gasteiger partial charge in [0.2, 0.25) is 4.80 Å². The van der Waals surface area contributed by atoms with Gasteiger partial charge in [-0.25, -0.2) is 3.79 Å². The predicted molar refractivity (Wildman–Crippen MR) is 90.5 cm³/mol. The van der Waals surface area contributed by atoms with Crippen molar-refractivity contribution in [3.05, 3.63) is 58.4 Å². The minimum atomic E-state index is -0.352. The molecule has 0 unspecified atom stereocenters. The van der Waals surface area contributed by atoms with Gasteiger partial charge in [-0.1, -0.05) is 6.07 Å². The van der Waals surface area contributed by atoms with Gasteiger partial charge < -0.3 is 9.15 Å². The third-order valence-corrected chi connectivity index (χ3v) is 4.49. The number of carbonyl (C=O) groups is 1. The lowest BCUT2D eigenvalue weighted by atomic mass is 10.2. The molecule has 0 saturated heterocycles. The summed E-state index contributed by atoms with van der Waals surface area (Å²) >= 11 is 1.27. The van der Waals surface area contributed by atoms with Gasteiger partial charge in [0.05, 0.1) is 7.11 Å². The standard InChI is InChI=1S/C17H13N3O3S/c1-10-3-8-14-13(9-10)20-17(23-14)19-16(24-20)18-15(21)11-4-6-12(22-2)7-5-11/h3-9H,1-2H3. The van der Waals surface area contributed by atoms with E-state index in [1.807, 2.05) is 28.9 Å². The van der Waals surface area contributed by atoms with Gasteiger partial charge in [-0.05, 0) is 60.4 Å². The van der Waals surface area contributed by atoms with Crippen LogP contribution in [0.15, 0.2) is 51.9 Å². The molecule has 0 radical (unpaired) electrons. The summed E-state index contributed by atoms with van der Waals surface area (Å²) in [6.45, 7) is 2.01. The summed E-state index contributed by atoms with van der Waals surface area (Å²) in [6.07, 6.45) is 0. The van der Waals surface area contributed by atoms with Crippen LogP contribution in [0, 0.1) is 6.92 Å². The Hall–Kier alpha value is -2.93. The Kier molecular flexibility index (Phi) is 3.42. The first-order chi connectivity index (χ1) is 11.6. The fraction of sp³-hybridized carbons (Fsp3) is 0.118. The first-order valence-corrected chi connectivity index (χ1v) is 8.04. The summed E-state index contributed by atoms with van der Waals surface area (Å²) in [4.78, 5) is 21.0. The lowest BCUT2D eigenvalue weighted by Gasteiger charge is -1.99. The number of hydrogen-bond acceptors (Lipinski definition) is 5. The van der Waals surface area contributed by atoms with Crippen molar-refractivity contribution < 1.29 is 13.9 Å². The fourth-order valence-corrected chi connectivity index (χ4v) is 3.19. The number of nitrogens with zero attached hydrogens (tertiary/aromatic N) is 3. The van der Waals surface area contributed by atoms with Crippen molar-refractivity contribution in [3.8, 4) is 5.75 Å². The number of amides is 1. The third kappa shape index (κ3) is 2.48. The van der Waals surface area contributed by atoms with Crippen LogP contribution in [0.1, 0.15) is 15.9 Å². The van der Waals surface area contributed by atoms with E-state index in [4.69, 9.17) is 9.15 Å². The van der Waals surface area contributed by atoms with Gasteiger partial charge in [-0.15, -0.1) is 0 Å². The lowest BCUT2D eigenvalue weighted by Crippen LogP contribution is -2.05. The number of ether oxygens (including phenoxy) is 1. The lowest BCUT2D eigenvalue weighted by molar-refractivity contribution is 0.0998. The zero-order valence-corrected chi connectivity index (χ0v) is 13.8. The number of carbonyl (C=O) groups excluding carboxylic acids is 1. The van der Waals surface area contributed by atoms with Crippen molar-refractivity contribution >= 4 is 34.4 Å². The molecule has 4 aromatic rings. The molecule has 2 aromatic heterocycles. The maximum atomic E-state index is 12.2. The van der Waals surface area contributed by atoms with Gasteiger partial charge in [0.25, 0.3) is 5.91 Å². The van der Waals surface area contributed by atoms with E-state index in [0.717, 1.165) is 16.7 Å². The normalized spacial score (nSPS) is 12.2. The van der Waals surface area contributed by atoms with Gasteiger partial charge in [0.1, 0.15) is 11.3 Å². The van der Waals surface area contributed by atoms with Crippen molar-refractivity contribution in [2.75, 3.05) is 7.11 Å². The van der Waals surface area contributed by atoms with E-state index < -0.39 is 0 Å². The van der Waals surface area contributed by atoms with Crippen molar-refractivity contribution in [3.63, 3.8) is 0 Å². The van der Waals surface area contributed by atoms with Crippen LogP contribution >= 0.6 is 11.5 Å². The molecule has 0 atom stereocenters. The van der Waals surface area contributed by atoms with Crippen LogP contribution in [0.25, 0.3) is 16.9 Å². The predicted octanol–water partition coefficient (Wildman–Crippen LogP) is 3.20. The van der Waals surface area contributed by atoms with Crippen molar-refractivity contribution in [1.29, 1.82) is 0 Å². The average molecular weight is 339 g/mol. The summed E-state index contributed by atoms with van der Waals surface area (Å²) in [6, 6.07) is 12.7. The van der Waals surface area contributed by atoms with Gasteiger partial charge in [0, 0.05) is 5.56 Å². The van der Waals surface area contributed by atoms with Crippen LogP contribution in [0.4, 0.5) is 0 Å². The second-order valence-corrected chi connectivity index (χ2v) is 6.19. The van der Waals surface area contributed by atoms with Crippen molar-refractivity contribution in [1.82, 2.24) is 8.77 Å². The smallest absolute Gasteiger partial charge is 0.319 e. The minimum Gasteiger partial charge on any atom is -0.497 e. The van der Waals surface area contributed by atoms with Crippen molar-refractivity contribution in [2.24, 2.45) is 4.99 Å². The van der Waals surface area contributed by atoms with E-state index in [0.29, 0.717) is 22.0 Å². The van der Waals surface area contributed by atoms with Gasteiger partial charge >= 0.3 is 5.84 Å². The average Bonchev–Trinajstić information content (AvgIpc) is 3.12. The SMILES string of the molecule is COc1ccc(C(=O)N=c2nc3oc4ccc(C)cc4n3s2)cc1. The molecule has 0 N–H and O–H groups in total. The number of hydrogen-bond donors (Lipinski definition) is 0. The summed E-state index contributed by atoms with van der Waals surface area (Å²) in [5.41, 5.74) is 3.28. The Morgan fingerprint density at radius 1 is 1.25 bits per heavy atom. The number of oxazole rings is 1. The second kappa shape index (κ2) is 5.61. The maximum absolute atomic E-state index is 12.2. The van der Waals surface area contributed by atoms with E-state index in [1.165, 1.54) is 11.5 Å². The summed E-state index contributed by atoms with van der Waals surface area (Å²) in [7, 11) is 1.58. The molecule has 6 nitrogen and oxygen atoms in total. The first kappa shape index (κ1) is 14.6. The molecular formula is C17H13N3O3S. The van der Waals surface area contributed by atoms with Crippen LogP contribution in [0.2, 0.25) is 0 Å². The highest BCUT2D eigenvalue weighted by molar-refractivity contribution is 7.04. The second-order valence-electron chi connectivity index (χ2n) is 5.28. The van der Waals surface area contributed by atoms with E-state index in [9.17, 15) is 4.79 Å². The summed E-state index contributed by atoms with van der Waals surface area (Å²) in [5.74, 6) is 0.771. The summed E-state index contributed by atoms with van der Waals surface area (Å²) < 4.78 is 12.6. The molecule has 7 heteroatoms. The molecule has 0 aliphatic heterocycles. The molecule has 4 rings (SSSR count). The van der Waals surface area contributed by atoms with Crippen LogP contribution < -0.4 is 9.54 Å². The molecule has 0 spiro atoms. The first-order valence-electron chi connectivity index (χ1n) is 7.26. The third-order valence-electron chi connectivity index (χ3n) is 3.61. The number of aromatic nitrogens is 2. The van der Waals surface area contributed by atoms with Gasteiger partial charge in [-0.3, -0.25) is 4.79 Å².